The van der Waals surface area contributed by atoms with E-state index < -0.39 is 12.0 Å². The number of ether oxygens (including phenoxy) is 1. The molecule has 0 aliphatic carbocycles. The molecule has 1 aliphatic heterocycles. The summed E-state index contributed by atoms with van der Waals surface area (Å²) in [5.74, 6) is -0.537. The molecule has 6 heteroatoms. The fraction of sp³-hybridized carbons (Fsp3) is 0.242. The number of nitrogens with zero attached hydrogens (tertiary/aromatic N) is 1. The number of carbonyl (C=O) groups is 1. The van der Waals surface area contributed by atoms with Gasteiger partial charge < -0.3 is 14.7 Å². The largest absolute Gasteiger partial charge is 0.493 e. The Morgan fingerprint density at radius 1 is 0.872 bits per heavy atom. The molecule has 4 aromatic rings. The average molecular weight is 528 g/mol. The zero-order chi connectivity index (χ0) is 27.4. The first-order valence-corrected chi connectivity index (χ1v) is 13.3. The monoisotopic (exact) mass is 527 g/mol. The average Bonchev–Trinajstić information content (AvgIpc) is 2.96. The summed E-state index contributed by atoms with van der Waals surface area (Å²) in [5, 5.41) is 10.8. The van der Waals surface area contributed by atoms with Gasteiger partial charge in [0.05, 0.1) is 24.7 Å². The third-order valence-electron chi connectivity index (χ3n) is 7.23. The molecule has 0 radical (unpaired) electrons. The lowest BCUT2D eigenvalue weighted by Gasteiger charge is -2.48. The molecule has 0 saturated carbocycles. The summed E-state index contributed by atoms with van der Waals surface area (Å²) in [6, 6.07) is 27.4. The molecule has 1 saturated heterocycles. The van der Waals surface area contributed by atoms with Crippen molar-refractivity contribution in [1.82, 2.24) is 0 Å². The summed E-state index contributed by atoms with van der Waals surface area (Å²) in [7, 11) is 0. The Morgan fingerprint density at radius 3 is 2.21 bits per heavy atom. The number of hydrogen-bond donors (Lipinski definition) is 1. The number of halogens is 2. The van der Waals surface area contributed by atoms with Crippen LogP contribution in [-0.2, 0) is 4.79 Å². The van der Waals surface area contributed by atoms with Gasteiger partial charge in [-0.3, -0.25) is 4.79 Å². The smallest absolute Gasteiger partial charge is 0.233 e. The predicted molar refractivity (Wildman–Crippen MR) is 148 cm³/mol. The molecule has 3 atom stereocenters. The first-order chi connectivity index (χ1) is 19.0. The Balaban J connectivity index is 1.48. The number of aliphatic hydroxyl groups excluding tert-OH is 1. The maximum atomic E-state index is 13.7. The summed E-state index contributed by atoms with van der Waals surface area (Å²) < 4.78 is 33.3. The van der Waals surface area contributed by atoms with Crippen molar-refractivity contribution in [2.24, 2.45) is 5.92 Å². The zero-order valence-corrected chi connectivity index (χ0v) is 21.8. The number of aliphatic hydroxyl groups is 1. The molecule has 2 unspecified atom stereocenters. The number of rotatable bonds is 10. The number of carbonyl (C=O) groups excluding carboxylic acids is 1. The van der Waals surface area contributed by atoms with Gasteiger partial charge >= 0.3 is 0 Å². The minimum absolute atomic E-state index is 0.0912. The van der Waals surface area contributed by atoms with E-state index in [0.29, 0.717) is 36.4 Å². The lowest BCUT2D eigenvalue weighted by molar-refractivity contribution is -0.131. The highest BCUT2D eigenvalue weighted by Crippen LogP contribution is 2.49. The Labute approximate surface area is 227 Å². The highest BCUT2D eigenvalue weighted by atomic mass is 19.1. The third kappa shape index (κ3) is 5.71. The van der Waals surface area contributed by atoms with Gasteiger partial charge in [0.2, 0.25) is 5.91 Å². The van der Waals surface area contributed by atoms with Gasteiger partial charge in [-0.2, -0.15) is 0 Å². The predicted octanol–water partition coefficient (Wildman–Crippen LogP) is 7.64. The Hall–Kier alpha value is -4.03. The highest BCUT2D eigenvalue weighted by molar-refractivity contribution is 6.03. The molecule has 200 valence electrons. The van der Waals surface area contributed by atoms with Crippen LogP contribution in [0.5, 0.6) is 5.75 Å². The van der Waals surface area contributed by atoms with Crippen LogP contribution in [0, 0.1) is 17.6 Å². The van der Waals surface area contributed by atoms with Gasteiger partial charge in [0.25, 0.3) is 0 Å². The minimum atomic E-state index is -0.824. The number of hydrogen-bond acceptors (Lipinski definition) is 3. The first-order valence-electron chi connectivity index (χ1n) is 13.3. The van der Waals surface area contributed by atoms with Crippen molar-refractivity contribution in [2.45, 2.75) is 38.3 Å². The van der Waals surface area contributed by atoms with Gasteiger partial charge in [-0.25, -0.2) is 8.78 Å². The molecule has 4 aromatic carbocycles. The van der Waals surface area contributed by atoms with Crippen molar-refractivity contribution in [3.8, 4) is 16.9 Å². The quantitative estimate of drug-likeness (QED) is 0.216. The van der Waals surface area contributed by atoms with Crippen molar-refractivity contribution in [1.29, 1.82) is 0 Å². The molecule has 0 bridgehead atoms. The van der Waals surface area contributed by atoms with Gasteiger partial charge in [-0.1, -0.05) is 61.5 Å². The molecule has 1 N–H and O–H groups in total. The second kappa shape index (κ2) is 11.8. The maximum absolute atomic E-state index is 13.7. The minimum Gasteiger partial charge on any atom is -0.493 e. The summed E-state index contributed by atoms with van der Waals surface area (Å²) in [5.41, 5.74) is 4.15. The van der Waals surface area contributed by atoms with Gasteiger partial charge in [-0.15, -0.1) is 0 Å². The molecule has 1 fully saturated rings. The van der Waals surface area contributed by atoms with E-state index in [-0.39, 0.29) is 23.6 Å². The summed E-state index contributed by atoms with van der Waals surface area (Å²) in [6.45, 7) is 2.56. The topological polar surface area (TPSA) is 49.8 Å². The van der Waals surface area contributed by atoms with Crippen LogP contribution in [-0.4, -0.2) is 17.6 Å². The normalized spacial score (nSPS) is 17.5. The number of benzene rings is 4. The van der Waals surface area contributed by atoms with E-state index in [2.05, 4.69) is 0 Å². The van der Waals surface area contributed by atoms with Crippen molar-refractivity contribution in [3.63, 3.8) is 0 Å². The summed E-state index contributed by atoms with van der Waals surface area (Å²) in [4.78, 5) is 15.2. The SMILES string of the molecule is CCCOc1cc(-c2ccccc2)ccc1C1C(CC[C@H](O)c2ccc(F)cc2)C(=O)N1c1ccc(F)cc1. The van der Waals surface area contributed by atoms with E-state index in [1.165, 1.54) is 24.3 Å². The zero-order valence-electron chi connectivity index (χ0n) is 21.8. The number of β-lactam (4-membered cyclic amide) rings is 1. The molecular formula is C33H31F2NO3. The van der Waals surface area contributed by atoms with Crippen molar-refractivity contribution in [3.05, 3.63) is 120 Å². The summed E-state index contributed by atoms with van der Waals surface area (Å²) in [6.07, 6.45) is 0.763. The van der Waals surface area contributed by atoms with Crippen molar-refractivity contribution in [2.75, 3.05) is 11.5 Å². The van der Waals surface area contributed by atoms with E-state index in [1.807, 2.05) is 55.5 Å². The molecule has 0 spiro atoms. The molecule has 4 nitrogen and oxygen atoms in total. The Kier molecular flexibility index (Phi) is 8.03. The second-order valence-corrected chi connectivity index (χ2v) is 9.85. The lowest BCUT2D eigenvalue weighted by atomic mass is 9.77. The number of anilines is 1. The summed E-state index contributed by atoms with van der Waals surface area (Å²) >= 11 is 0. The van der Waals surface area contributed by atoms with E-state index in [0.717, 1.165) is 23.1 Å². The van der Waals surface area contributed by atoms with E-state index >= 15 is 0 Å². The van der Waals surface area contributed by atoms with E-state index in [4.69, 9.17) is 4.74 Å². The molecule has 1 heterocycles. The van der Waals surface area contributed by atoms with Crippen LogP contribution in [0.4, 0.5) is 14.5 Å². The highest BCUT2D eigenvalue weighted by Gasteiger charge is 2.49. The van der Waals surface area contributed by atoms with Crippen LogP contribution >= 0.6 is 0 Å². The third-order valence-corrected chi connectivity index (χ3v) is 7.23. The van der Waals surface area contributed by atoms with Crippen molar-refractivity contribution < 1.29 is 23.4 Å². The van der Waals surface area contributed by atoms with Gasteiger partial charge in [0, 0.05) is 11.3 Å². The van der Waals surface area contributed by atoms with Gasteiger partial charge in [-0.05, 0) is 78.4 Å². The fourth-order valence-corrected chi connectivity index (χ4v) is 5.19. The standard InChI is InChI=1S/C33H31F2NO3/c1-2-20-39-31-21-24(22-6-4-3-5-7-22)10-17-28(31)32-29(18-19-30(37)23-8-11-25(34)12-9-23)33(38)36(32)27-15-13-26(35)14-16-27/h3-17,21,29-30,32,37H,2,18-20H2,1H3/t29?,30-,32?/m0/s1. The van der Waals surface area contributed by atoms with Gasteiger partial charge in [0.1, 0.15) is 17.4 Å². The first kappa shape index (κ1) is 26.6. The number of amides is 1. The van der Waals surface area contributed by atoms with Crippen molar-refractivity contribution >= 4 is 11.6 Å². The molecule has 5 rings (SSSR count). The molecule has 39 heavy (non-hydrogen) atoms. The van der Waals surface area contributed by atoms with E-state index in [1.54, 1.807) is 29.2 Å². The van der Waals surface area contributed by atoms with Crippen LogP contribution in [0.2, 0.25) is 0 Å². The van der Waals surface area contributed by atoms with Crippen LogP contribution in [0.15, 0.2) is 97.1 Å². The fourth-order valence-electron chi connectivity index (χ4n) is 5.19. The van der Waals surface area contributed by atoms with Crippen LogP contribution in [0.1, 0.15) is 49.5 Å². The molecule has 0 aromatic heterocycles. The second-order valence-electron chi connectivity index (χ2n) is 9.85. The molecule has 1 amide bonds. The van der Waals surface area contributed by atoms with Crippen LogP contribution in [0.3, 0.4) is 0 Å². The van der Waals surface area contributed by atoms with Gasteiger partial charge in [0.15, 0.2) is 0 Å². The Bertz CT molecular complexity index is 1410. The van der Waals surface area contributed by atoms with Crippen LogP contribution < -0.4 is 9.64 Å². The Morgan fingerprint density at radius 2 is 1.54 bits per heavy atom. The molecule has 1 aliphatic rings. The lowest BCUT2D eigenvalue weighted by Crippen LogP contribution is -2.55. The van der Waals surface area contributed by atoms with Crippen LogP contribution in [0.25, 0.3) is 11.1 Å². The van der Waals surface area contributed by atoms with E-state index in [9.17, 15) is 18.7 Å². The molecular weight excluding hydrogens is 496 g/mol. The maximum Gasteiger partial charge on any atom is 0.233 e.